The lowest BCUT2D eigenvalue weighted by molar-refractivity contribution is -0.146. The molecule has 0 aliphatic carbocycles. The average molecular weight is 604 g/mol. The second-order valence-corrected chi connectivity index (χ2v) is 11.7. The number of nitrogens with one attached hydrogen (secondary N) is 1. The number of benzene rings is 1. The number of morpholine rings is 1. The van der Waals surface area contributed by atoms with Crippen LogP contribution in [0, 0.1) is 0 Å². The Labute approximate surface area is 247 Å². The number of aromatic nitrogens is 3. The summed E-state index contributed by atoms with van der Waals surface area (Å²) in [4.78, 5) is 37.5. The van der Waals surface area contributed by atoms with Crippen LogP contribution in [0.1, 0.15) is 55.1 Å². The van der Waals surface area contributed by atoms with Gasteiger partial charge in [0.25, 0.3) is 5.91 Å². The van der Waals surface area contributed by atoms with E-state index in [2.05, 4.69) is 14.9 Å². The highest BCUT2D eigenvalue weighted by Gasteiger charge is 2.42. The molecule has 0 saturated carbocycles. The molecule has 0 spiro atoms. The largest absolute Gasteiger partial charge is 0.492 e. The SMILES string of the molecule is CC(C)OC(=O)C1=CN(C(=O)c2ccc(OCCN3CCOCC3)cc2)CC(C)(C)c2c1[nH]c1nc(C(F)(F)F)n(C)c21. The molecule has 0 bridgehead atoms. The van der Waals surface area contributed by atoms with Crippen molar-refractivity contribution in [2.24, 2.45) is 7.05 Å². The van der Waals surface area contributed by atoms with Crippen molar-refractivity contribution in [2.45, 2.75) is 45.4 Å². The van der Waals surface area contributed by atoms with E-state index in [1.54, 1.807) is 38.1 Å². The number of rotatable bonds is 7. The van der Waals surface area contributed by atoms with Crippen LogP contribution in [0.15, 0.2) is 30.5 Å². The molecule has 1 aromatic carbocycles. The maximum atomic E-state index is 13.8. The number of hydrogen-bond donors (Lipinski definition) is 1. The standard InChI is InChI=1S/C30H36F3N5O5/c1-18(2)43-27(40)21-16-38(26(39)19-6-8-20(9-7-19)42-15-12-37-10-13-41-14-11-37)17-29(3,4)22-23(21)34-25-24(22)36(5)28(35-25)30(31,32)33/h6-9,16,18,34H,10-15,17H2,1-5H3. The molecule has 4 heterocycles. The van der Waals surface area contributed by atoms with E-state index in [-0.39, 0.29) is 34.9 Å². The van der Waals surface area contributed by atoms with Gasteiger partial charge in [-0.25, -0.2) is 9.78 Å². The van der Waals surface area contributed by atoms with Crippen LogP contribution in [0.5, 0.6) is 5.75 Å². The number of aromatic amines is 1. The van der Waals surface area contributed by atoms with Crippen LogP contribution < -0.4 is 4.74 Å². The molecule has 1 N–H and O–H groups in total. The quantitative estimate of drug-likeness (QED) is 0.401. The molecule has 1 amide bonds. The summed E-state index contributed by atoms with van der Waals surface area (Å²) in [5, 5.41) is 0. The van der Waals surface area contributed by atoms with Gasteiger partial charge in [-0.1, -0.05) is 13.8 Å². The summed E-state index contributed by atoms with van der Waals surface area (Å²) in [5.74, 6) is -1.54. The molecule has 1 fully saturated rings. The third kappa shape index (κ3) is 6.28. The van der Waals surface area contributed by atoms with Gasteiger partial charge in [0.1, 0.15) is 12.4 Å². The Morgan fingerprint density at radius 1 is 1.14 bits per heavy atom. The number of alkyl halides is 3. The molecule has 2 aliphatic rings. The molecule has 0 atom stereocenters. The summed E-state index contributed by atoms with van der Waals surface area (Å²) in [5.41, 5.74) is 0.426. The molecule has 1 saturated heterocycles. The first-order valence-corrected chi connectivity index (χ1v) is 14.2. The number of aryl methyl sites for hydroxylation is 1. The van der Waals surface area contributed by atoms with Crippen LogP contribution >= 0.6 is 0 Å². The zero-order valence-electron chi connectivity index (χ0n) is 24.9. The first-order chi connectivity index (χ1) is 20.3. The summed E-state index contributed by atoms with van der Waals surface area (Å²) in [6.07, 6.45) is -3.73. The molecular formula is C30H36F3N5O5. The number of hydrogen-bond acceptors (Lipinski definition) is 7. The zero-order chi connectivity index (χ0) is 31.1. The van der Waals surface area contributed by atoms with Crippen LogP contribution in [0.3, 0.4) is 0 Å². The first kappa shape index (κ1) is 30.6. The number of nitrogens with zero attached hydrogens (tertiary/aromatic N) is 4. The summed E-state index contributed by atoms with van der Waals surface area (Å²) in [6.45, 7) is 11.5. The second kappa shape index (κ2) is 11.7. The lowest BCUT2D eigenvalue weighted by atomic mass is 9.83. The van der Waals surface area contributed by atoms with Gasteiger partial charge in [-0.05, 0) is 38.1 Å². The Kier molecular flexibility index (Phi) is 8.32. The smallest absolute Gasteiger partial charge is 0.449 e. The Balaban J connectivity index is 1.45. The van der Waals surface area contributed by atoms with Crippen molar-refractivity contribution >= 4 is 28.6 Å². The molecule has 2 aliphatic heterocycles. The Bertz CT molecular complexity index is 1530. The molecule has 0 radical (unpaired) electrons. The molecule has 3 aromatic rings. The van der Waals surface area contributed by atoms with E-state index in [9.17, 15) is 22.8 Å². The molecule has 0 unspecified atom stereocenters. The van der Waals surface area contributed by atoms with Gasteiger partial charge in [0.2, 0.25) is 5.82 Å². The van der Waals surface area contributed by atoms with E-state index >= 15 is 0 Å². The second-order valence-electron chi connectivity index (χ2n) is 11.7. The minimum absolute atomic E-state index is 0.000123. The van der Waals surface area contributed by atoms with Gasteiger partial charge in [-0.15, -0.1) is 0 Å². The van der Waals surface area contributed by atoms with Gasteiger partial charge in [0.05, 0.1) is 36.1 Å². The predicted octanol–water partition coefficient (Wildman–Crippen LogP) is 4.36. The number of halogens is 3. The Hall–Kier alpha value is -3.84. The van der Waals surface area contributed by atoms with E-state index in [1.165, 1.54) is 18.1 Å². The maximum absolute atomic E-state index is 13.8. The fraction of sp³-hybridized carbons (Fsp3) is 0.500. The molecule has 232 valence electrons. The van der Waals surface area contributed by atoms with Gasteiger partial charge in [0.15, 0.2) is 5.65 Å². The van der Waals surface area contributed by atoms with Crippen LogP contribution in [-0.4, -0.2) is 88.3 Å². The molecule has 43 heavy (non-hydrogen) atoms. The molecule has 2 aromatic heterocycles. The number of H-pyrrole nitrogens is 1. The summed E-state index contributed by atoms with van der Waals surface area (Å²) >= 11 is 0. The highest BCUT2D eigenvalue weighted by atomic mass is 19.4. The molecule has 10 nitrogen and oxygen atoms in total. The van der Waals surface area contributed by atoms with Crippen molar-refractivity contribution in [3.63, 3.8) is 0 Å². The minimum atomic E-state index is -4.67. The van der Waals surface area contributed by atoms with Gasteiger partial charge in [-0.2, -0.15) is 13.2 Å². The van der Waals surface area contributed by atoms with Crippen molar-refractivity contribution in [1.82, 2.24) is 24.3 Å². The van der Waals surface area contributed by atoms with E-state index in [0.29, 0.717) is 36.7 Å². The zero-order valence-corrected chi connectivity index (χ0v) is 24.9. The number of esters is 1. The number of fused-ring (bicyclic) bond motifs is 3. The van der Waals surface area contributed by atoms with Crippen LogP contribution in [0.25, 0.3) is 16.7 Å². The van der Waals surface area contributed by atoms with Crippen molar-refractivity contribution in [3.05, 3.63) is 53.1 Å². The number of carbonyl (C=O) groups excluding carboxylic acids is 2. The van der Waals surface area contributed by atoms with Gasteiger partial charge < -0.3 is 28.7 Å². The summed E-state index contributed by atoms with van der Waals surface area (Å²) in [6, 6.07) is 6.73. The van der Waals surface area contributed by atoms with E-state index in [0.717, 1.165) is 24.2 Å². The van der Waals surface area contributed by atoms with Crippen molar-refractivity contribution < 1.29 is 37.0 Å². The third-order valence-electron chi connectivity index (χ3n) is 7.58. The number of carbonyl (C=O) groups is 2. The fourth-order valence-electron chi connectivity index (χ4n) is 5.60. The third-order valence-corrected chi connectivity index (χ3v) is 7.58. The molecule has 13 heteroatoms. The summed E-state index contributed by atoms with van der Waals surface area (Å²) < 4.78 is 58.8. The van der Waals surface area contributed by atoms with Gasteiger partial charge in [0, 0.05) is 56.0 Å². The first-order valence-electron chi connectivity index (χ1n) is 14.2. The number of amides is 1. The van der Waals surface area contributed by atoms with Crippen molar-refractivity contribution in [3.8, 4) is 5.75 Å². The molecule has 5 rings (SSSR count). The molecular weight excluding hydrogens is 567 g/mol. The topological polar surface area (TPSA) is 102 Å². The van der Waals surface area contributed by atoms with Crippen LogP contribution in [0.4, 0.5) is 13.2 Å². The van der Waals surface area contributed by atoms with Crippen LogP contribution in [-0.2, 0) is 32.9 Å². The van der Waals surface area contributed by atoms with Crippen LogP contribution in [0.2, 0.25) is 0 Å². The van der Waals surface area contributed by atoms with E-state index in [4.69, 9.17) is 14.2 Å². The lowest BCUT2D eigenvalue weighted by Crippen LogP contribution is -2.38. The monoisotopic (exact) mass is 603 g/mol. The van der Waals surface area contributed by atoms with Crippen molar-refractivity contribution in [2.75, 3.05) is 46.0 Å². The Morgan fingerprint density at radius 3 is 2.44 bits per heavy atom. The summed E-state index contributed by atoms with van der Waals surface area (Å²) in [7, 11) is 1.29. The van der Waals surface area contributed by atoms with E-state index < -0.39 is 29.5 Å². The maximum Gasteiger partial charge on any atom is 0.449 e. The highest BCUT2D eigenvalue weighted by molar-refractivity contribution is 6.18. The lowest BCUT2D eigenvalue weighted by Gasteiger charge is -2.29. The minimum Gasteiger partial charge on any atom is -0.492 e. The van der Waals surface area contributed by atoms with Gasteiger partial charge >= 0.3 is 12.1 Å². The normalized spacial score (nSPS) is 17.5. The Morgan fingerprint density at radius 2 is 1.81 bits per heavy atom. The van der Waals surface area contributed by atoms with Crippen molar-refractivity contribution in [1.29, 1.82) is 0 Å². The average Bonchev–Trinajstić information content (AvgIpc) is 3.44. The predicted molar refractivity (Wildman–Crippen MR) is 153 cm³/mol. The number of imidazole rings is 1. The van der Waals surface area contributed by atoms with E-state index in [1.807, 2.05) is 13.8 Å². The fourth-order valence-corrected chi connectivity index (χ4v) is 5.60. The highest BCUT2D eigenvalue weighted by Crippen LogP contribution is 2.42. The van der Waals surface area contributed by atoms with Gasteiger partial charge in [-0.3, -0.25) is 9.69 Å². The number of ether oxygens (including phenoxy) is 3.